The summed E-state index contributed by atoms with van der Waals surface area (Å²) in [5.41, 5.74) is 0.300. The Labute approximate surface area is 139 Å². The fraction of sp³-hybridized carbons (Fsp3) is 0.500. The zero-order chi connectivity index (χ0) is 16.8. The summed E-state index contributed by atoms with van der Waals surface area (Å²) in [4.78, 5) is 11.7. The standard InChI is InChI=1S/C14H21BrN2O4S/c1-4-16-10(3)9-17-22(19,20)13-7-6-11(8-12(13)15)14(18)21-5-2/h6-8,10,16-17H,4-5,9H2,1-3H3/t10-/m1/s1. The zero-order valence-corrected chi connectivity index (χ0v) is 15.3. The third kappa shape index (κ3) is 5.35. The van der Waals surface area contributed by atoms with Crippen LogP contribution in [-0.4, -0.2) is 40.1 Å². The van der Waals surface area contributed by atoms with Gasteiger partial charge in [-0.05, 0) is 54.5 Å². The molecule has 0 unspecified atom stereocenters. The topological polar surface area (TPSA) is 84.5 Å². The Hall–Kier alpha value is -0.960. The summed E-state index contributed by atoms with van der Waals surface area (Å²) in [6, 6.07) is 4.29. The third-order valence-electron chi connectivity index (χ3n) is 2.86. The van der Waals surface area contributed by atoms with Gasteiger partial charge < -0.3 is 10.1 Å². The van der Waals surface area contributed by atoms with Crippen molar-refractivity contribution >= 4 is 31.9 Å². The van der Waals surface area contributed by atoms with Crippen molar-refractivity contribution in [3.63, 3.8) is 0 Å². The number of nitrogens with one attached hydrogen (secondary N) is 2. The van der Waals surface area contributed by atoms with Gasteiger partial charge in [0.1, 0.15) is 0 Å². The third-order valence-corrected chi connectivity index (χ3v) is 5.26. The molecular weight excluding hydrogens is 372 g/mol. The fourth-order valence-electron chi connectivity index (χ4n) is 1.79. The van der Waals surface area contributed by atoms with E-state index >= 15 is 0 Å². The van der Waals surface area contributed by atoms with Crippen LogP contribution in [-0.2, 0) is 14.8 Å². The molecule has 1 aromatic rings. The van der Waals surface area contributed by atoms with Gasteiger partial charge in [0, 0.05) is 17.1 Å². The molecule has 124 valence electrons. The second kappa shape index (κ2) is 8.61. The van der Waals surface area contributed by atoms with Crippen LogP contribution in [0.5, 0.6) is 0 Å². The maximum Gasteiger partial charge on any atom is 0.338 e. The van der Waals surface area contributed by atoms with Crippen molar-refractivity contribution in [2.75, 3.05) is 19.7 Å². The number of benzene rings is 1. The molecule has 22 heavy (non-hydrogen) atoms. The molecule has 8 heteroatoms. The lowest BCUT2D eigenvalue weighted by atomic mass is 10.2. The number of rotatable bonds is 8. The minimum absolute atomic E-state index is 0.0253. The SMILES string of the molecule is CCN[C@H](C)CNS(=O)(=O)c1ccc(C(=O)OCC)cc1Br. The summed E-state index contributed by atoms with van der Waals surface area (Å²) in [7, 11) is -3.65. The van der Waals surface area contributed by atoms with Gasteiger partial charge in [-0.2, -0.15) is 0 Å². The van der Waals surface area contributed by atoms with E-state index in [1.54, 1.807) is 6.92 Å². The number of ether oxygens (including phenoxy) is 1. The van der Waals surface area contributed by atoms with Crippen LogP contribution in [0.25, 0.3) is 0 Å². The van der Waals surface area contributed by atoms with E-state index in [9.17, 15) is 13.2 Å². The molecule has 0 radical (unpaired) electrons. The van der Waals surface area contributed by atoms with Crippen molar-refractivity contribution in [3.05, 3.63) is 28.2 Å². The smallest absolute Gasteiger partial charge is 0.338 e. The van der Waals surface area contributed by atoms with Crippen LogP contribution in [0, 0.1) is 0 Å². The molecule has 0 aromatic heterocycles. The van der Waals surface area contributed by atoms with E-state index in [1.165, 1.54) is 18.2 Å². The first-order chi connectivity index (χ1) is 10.3. The van der Waals surface area contributed by atoms with Crippen molar-refractivity contribution < 1.29 is 17.9 Å². The molecule has 0 bridgehead atoms. The van der Waals surface area contributed by atoms with E-state index in [-0.39, 0.29) is 24.1 Å². The van der Waals surface area contributed by atoms with Gasteiger partial charge in [0.2, 0.25) is 10.0 Å². The lowest BCUT2D eigenvalue weighted by Crippen LogP contribution is -2.38. The van der Waals surface area contributed by atoms with Gasteiger partial charge in [0.15, 0.2) is 0 Å². The molecule has 0 aliphatic rings. The van der Waals surface area contributed by atoms with Crippen LogP contribution >= 0.6 is 15.9 Å². The summed E-state index contributed by atoms with van der Waals surface area (Å²) in [6.07, 6.45) is 0. The highest BCUT2D eigenvalue weighted by molar-refractivity contribution is 9.10. The second-order valence-electron chi connectivity index (χ2n) is 4.68. The normalized spacial score (nSPS) is 12.9. The Morgan fingerprint density at radius 2 is 2.05 bits per heavy atom. The number of carbonyl (C=O) groups excluding carboxylic acids is 1. The first-order valence-corrected chi connectivity index (χ1v) is 9.29. The highest BCUT2D eigenvalue weighted by Crippen LogP contribution is 2.23. The summed E-state index contributed by atoms with van der Waals surface area (Å²) >= 11 is 3.20. The van der Waals surface area contributed by atoms with Crippen molar-refractivity contribution in [3.8, 4) is 0 Å². The predicted octanol–water partition coefficient (Wildman–Crippen LogP) is 1.90. The van der Waals surface area contributed by atoms with E-state index < -0.39 is 16.0 Å². The summed E-state index contributed by atoms with van der Waals surface area (Å²) in [5, 5.41) is 3.12. The lowest BCUT2D eigenvalue weighted by molar-refractivity contribution is 0.0526. The van der Waals surface area contributed by atoms with Crippen molar-refractivity contribution in [1.29, 1.82) is 0 Å². The van der Waals surface area contributed by atoms with Gasteiger partial charge in [0.05, 0.1) is 17.1 Å². The molecule has 1 rings (SSSR count). The molecule has 0 heterocycles. The second-order valence-corrected chi connectivity index (χ2v) is 7.27. The molecule has 0 amide bonds. The Morgan fingerprint density at radius 1 is 1.36 bits per heavy atom. The number of hydrogen-bond donors (Lipinski definition) is 2. The number of halogens is 1. The van der Waals surface area contributed by atoms with Crippen LogP contribution in [0.4, 0.5) is 0 Å². The largest absolute Gasteiger partial charge is 0.462 e. The highest BCUT2D eigenvalue weighted by Gasteiger charge is 2.20. The Morgan fingerprint density at radius 3 is 2.59 bits per heavy atom. The minimum Gasteiger partial charge on any atom is -0.462 e. The summed E-state index contributed by atoms with van der Waals surface area (Å²) in [5.74, 6) is -0.485. The van der Waals surface area contributed by atoms with Crippen molar-refractivity contribution in [2.24, 2.45) is 0 Å². The van der Waals surface area contributed by atoms with E-state index in [0.29, 0.717) is 10.0 Å². The van der Waals surface area contributed by atoms with Crippen molar-refractivity contribution in [1.82, 2.24) is 10.0 Å². The maximum absolute atomic E-state index is 12.3. The van der Waals surface area contributed by atoms with Crippen LogP contribution < -0.4 is 10.0 Å². The average Bonchev–Trinajstić information content (AvgIpc) is 2.45. The van der Waals surface area contributed by atoms with Gasteiger partial charge in [-0.1, -0.05) is 6.92 Å². The Balaban J connectivity index is 2.89. The number of esters is 1. The van der Waals surface area contributed by atoms with Crippen LogP contribution in [0.1, 0.15) is 31.1 Å². The number of carbonyl (C=O) groups is 1. The van der Waals surface area contributed by atoms with Gasteiger partial charge in [-0.3, -0.25) is 0 Å². The van der Waals surface area contributed by atoms with E-state index in [4.69, 9.17) is 4.74 Å². The molecule has 0 fully saturated rings. The molecule has 1 atom stereocenters. The quantitative estimate of drug-likeness (QED) is 0.659. The van der Waals surface area contributed by atoms with Gasteiger partial charge >= 0.3 is 5.97 Å². The number of sulfonamides is 1. The maximum atomic E-state index is 12.3. The highest BCUT2D eigenvalue weighted by atomic mass is 79.9. The first kappa shape index (κ1) is 19.1. The Bertz CT molecular complexity index is 619. The van der Waals surface area contributed by atoms with Crippen molar-refractivity contribution in [2.45, 2.75) is 31.7 Å². The molecule has 2 N–H and O–H groups in total. The lowest BCUT2D eigenvalue weighted by Gasteiger charge is -2.14. The van der Waals surface area contributed by atoms with Gasteiger partial charge in [-0.25, -0.2) is 17.9 Å². The average molecular weight is 393 g/mol. The summed E-state index contributed by atoms with van der Waals surface area (Å²) < 4.78 is 32.3. The monoisotopic (exact) mass is 392 g/mol. The summed E-state index contributed by atoms with van der Waals surface area (Å²) in [6.45, 7) is 6.87. The van der Waals surface area contributed by atoms with Crippen LogP contribution in [0.15, 0.2) is 27.6 Å². The predicted molar refractivity (Wildman–Crippen MR) is 88.4 cm³/mol. The molecule has 0 aliphatic heterocycles. The zero-order valence-electron chi connectivity index (χ0n) is 12.8. The number of hydrogen-bond acceptors (Lipinski definition) is 5. The number of likely N-dealkylation sites (N-methyl/N-ethyl adjacent to an activating group) is 1. The van der Waals surface area contributed by atoms with Crippen LogP contribution in [0.2, 0.25) is 0 Å². The Kier molecular flexibility index (Phi) is 7.47. The molecule has 0 spiro atoms. The molecular formula is C14H21BrN2O4S. The van der Waals surface area contributed by atoms with Crippen LogP contribution in [0.3, 0.4) is 0 Å². The van der Waals surface area contributed by atoms with Gasteiger partial charge in [0.25, 0.3) is 0 Å². The van der Waals surface area contributed by atoms with Gasteiger partial charge in [-0.15, -0.1) is 0 Å². The molecule has 1 aromatic carbocycles. The molecule has 0 saturated heterocycles. The van der Waals surface area contributed by atoms with E-state index in [2.05, 4.69) is 26.0 Å². The minimum atomic E-state index is -3.65. The van der Waals surface area contributed by atoms with E-state index in [1.807, 2.05) is 13.8 Å². The molecule has 6 nitrogen and oxygen atoms in total. The first-order valence-electron chi connectivity index (χ1n) is 7.01. The van der Waals surface area contributed by atoms with E-state index in [0.717, 1.165) is 6.54 Å². The fourth-order valence-corrected chi connectivity index (χ4v) is 4.00. The molecule has 0 aliphatic carbocycles. The molecule has 0 saturated carbocycles.